The minimum absolute atomic E-state index is 0. The molecule has 0 heterocycles. The number of carboxylic acid groups (broad SMARTS) is 1. The van der Waals surface area contributed by atoms with Crippen LogP contribution in [0.3, 0.4) is 0 Å². The molecule has 1 atom stereocenters. The van der Waals surface area contributed by atoms with E-state index in [2.05, 4.69) is 0 Å². The van der Waals surface area contributed by atoms with E-state index in [1.807, 2.05) is 0 Å². The maximum atomic E-state index is 10.4. The van der Waals surface area contributed by atoms with Crippen LogP contribution in [0.15, 0.2) is 0 Å². The molecule has 0 radical (unpaired) electrons. The first-order valence-corrected chi connectivity index (χ1v) is 3.15. The number of hydrogen-bond acceptors (Lipinski definition) is 3. The third-order valence-corrected chi connectivity index (χ3v) is 1.88. The van der Waals surface area contributed by atoms with Crippen LogP contribution in [-0.2, 0) is 4.79 Å². The van der Waals surface area contributed by atoms with E-state index in [0.717, 1.165) is 0 Å². The molecule has 11 heavy (non-hydrogen) atoms. The second-order valence-electron chi connectivity index (χ2n) is 3.63. The van der Waals surface area contributed by atoms with Crippen molar-refractivity contribution < 1.29 is 15.0 Å². The van der Waals surface area contributed by atoms with Gasteiger partial charge in [0.15, 0.2) is 5.60 Å². The maximum Gasteiger partial charge on any atom is 0.335 e. The highest BCUT2D eigenvalue weighted by molar-refractivity contribution is 5.77. The van der Waals surface area contributed by atoms with Gasteiger partial charge in [0.25, 0.3) is 0 Å². The summed E-state index contributed by atoms with van der Waals surface area (Å²) in [5, 5.41) is 17.9. The zero-order chi connectivity index (χ0) is 8.58. The Bertz CT molecular complexity index is 146. The molecule has 0 aliphatic carbocycles. The smallest absolute Gasteiger partial charge is 0.335 e. The van der Waals surface area contributed by atoms with Crippen LogP contribution in [0.4, 0.5) is 0 Å². The summed E-state index contributed by atoms with van der Waals surface area (Å²) < 4.78 is 0. The molecule has 0 aliphatic heterocycles. The molecule has 4 nitrogen and oxygen atoms in total. The normalized spacial score (nSPS) is 16.5. The first kappa shape index (κ1) is 13.0. The summed E-state index contributed by atoms with van der Waals surface area (Å²) in [6.07, 6.45) is 0. The van der Waals surface area contributed by atoms with Gasteiger partial charge in [-0.2, -0.15) is 0 Å². The van der Waals surface area contributed by atoms with Gasteiger partial charge in [-0.05, 0) is 6.92 Å². The molecule has 5 N–H and O–H groups in total. The van der Waals surface area contributed by atoms with Gasteiger partial charge < -0.3 is 16.4 Å². The van der Waals surface area contributed by atoms with E-state index in [-0.39, 0.29) is 6.15 Å². The third-order valence-electron chi connectivity index (χ3n) is 1.88. The first-order chi connectivity index (χ1) is 4.19. The molecule has 0 saturated heterocycles. The van der Waals surface area contributed by atoms with Crippen molar-refractivity contribution in [2.75, 3.05) is 0 Å². The molecular weight excluding hydrogens is 146 g/mol. The molecule has 0 spiro atoms. The molecule has 0 fully saturated rings. The van der Waals surface area contributed by atoms with Crippen LogP contribution in [0.25, 0.3) is 0 Å². The summed E-state index contributed by atoms with van der Waals surface area (Å²) in [7, 11) is 0. The van der Waals surface area contributed by atoms with Crippen molar-refractivity contribution in [3.8, 4) is 0 Å². The molecule has 0 aromatic carbocycles. The lowest BCUT2D eigenvalue weighted by atomic mass is 9.78. The largest absolute Gasteiger partial charge is 0.479 e. The Balaban J connectivity index is 0. The fourth-order valence-electron chi connectivity index (χ4n) is 0.321. The van der Waals surface area contributed by atoms with E-state index >= 15 is 0 Å². The second kappa shape index (κ2) is 3.19. The SMILES string of the molecule is CC(C)(C)C(C)(O)C(=O)O.N. The third kappa shape index (κ3) is 2.48. The van der Waals surface area contributed by atoms with Crippen LogP contribution in [0, 0.1) is 5.41 Å². The summed E-state index contributed by atoms with van der Waals surface area (Å²) in [6.45, 7) is 6.35. The molecular formula is C7H17NO3. The van der Waals surface area contributed by atoms with Crippen LogP contribution in [0.1, 0.15) is 27.7 Å². The standard InChI is InChI=1S/C7H14O3.H3N/c1-6(2,3)7(4,10)5(8)9;/h10H,1-4H3,(H,8,9);1H3. The predicted molar refractivity (Wildman–Crippen MR) is 42.7 cm³/mol. The number of hydrogen-bond donors (Lipinski definition) is 3. The van der Waals surface area contributed by atoms with Crippen LogP contribution in [0.2, 0.25) is 0 Å². The summed E-state index contributed by atoms with van der Waals surface area (Å²) in [4.78, 5) is 10.4. The van der Waals surface area contributed by atoms with Gasteiger partial charge >= 0.3 is 5.97 Å². The second-order valence-corrected chi connectivity index (χ2v) is 3.63. The maximum absolute atomic E-state index is 10.4. The number of aliphatic hydroxyl groups is 1. The average molecular weight is 163 g/mol. The van der Waals surface area contributed by atoms with Crippen molar-refractivity contribution >= 4 is 5.97 Å². The Hall–Kier alpha value is -0.610. The lowest BCUT2D eigenvalue weighted by Gasteiger charge is -2.32. The Morgan fingerprint density at radius 2 is 1.45 bits per heavy atom. The quantitative estimate of drug-likeness (QED) is 0.538. The van der Waals surface area contributed by atoms with E-state index in [9.17, 15) is 9.90 Å². The van der Waals surface area contributed by atoms with E-state index in [4.69, 9.17) is 5.11 Å². The van der Waals surface area contributed by atoms with Crippen LogP contribution in [-0.4, -0.2) is 21.8 Å². The number of carboxylic acids is 1. The van der Waals surface area contributed by atoms with Gasteiger partial charge in [-0.25, -0.2) is 4.79 Å². The summed E-state index contributed by atoms with van der Waals surface area (Å²) >= 11 is 0. The highest BCUT2D eigenvalue weighted by atomic mass is 16.4. The summed E-state index contributed by atoms with van der Waals surface area (Å²) in [6, 6.07) is 0. The predicted octanol–water partition coefficient (Wildman–Crippen LogP) is 1.03. The highest BCUT2D eigenvalue weighted by Crippen LogP contribution is 2.29. The fourth-order valence-corrected chi connectivity index (χ4v) is 0.321. The molecule has 4 heteroatoms. The lowest BCUT2D eigenvalue weighted by molar-refractivity contribution is -0.168. The Kier molecular flexibility index (Phi) is 3.78. The zero-order valence-electron chi connectivity index (χ0n) is 7.51. The number of carbonyl (C=O) groups is 1. The van der Waals surface area contributed by atoms with Crippen LogP contribution >= 0.6 is 0 Å². The Morgan fingerprint density at radius 3 is 1.45 bits per heavy atom. The van der Waals surface area contributed by atoms with Crippen molar-refractivity contribution in [1.29, 1.82) is 0 Å². The number of rotatable bonds is 1. The summed E-state index contributed by atoms with van der Waals surface area (Å²) in [5.41, 5.74) is -2.27. The molecule has 0 bridgehead atoms. The van der Waals surface area contributed by atoms with Gasteiger partial charge in [-0.1, -0.05) is 20.8 Å². The molecule has 68 valence electrons. The monoisotopic (exact) mass is 163 g/mol. The first-order valence-electron chi connectivity index (χ1n) is 3.15. The van der Waals surface area contributed by atoms with E-state index < -0.39 is 17.0 Å². The van der Waals surface area contributed by atoms with Crippen LogP contribution in [0.5, 0.6) is 0 Å². The van der Waals surface area contributed by atoms with Gasteiger partial charge in [-0.15, -0.1) is 0 Å². The van der Waals surface area contributed by atoms with Gasteiger partial charge in [-0.3, -0.25) is 0 Å². The minimum atomic E-state index is -1.65. The lowest BCUT2D eigenvalue weighted by Crippen LogP contribution is -2.47. The van der Waals surface area contributed by atoms with Gasteiger partial charge in [0, 0.05) is 5.41 Å². The highest BCUT2D eigenvalue weighted by Gasteiger charge is 2.42. The van der Waals surface area contributed by atoms with E-state index in [0.29, 0.717) is 0 Å². The zero-order valence-corrected chi connectivity index (χ0v) is 7.51. The minimum Gasteiger partial charge on any atom is -0.479 e. The average Bonchev–Trinajstić information content (AvgIpc) is 1.62. The fraction of sp³-hybridized carbons (Fsp3) is 0.857. The van der Waals surface area contributed by atoms with Gasteiger partial charge in [0.1, 0.15) is 0 Å². The molecule has 1 unspecified atom stereocenters. The molecule has 0 aromatic heterocycles. The Morgan fingerprint density at radius 1 is 1.18 bits per heavy atom. The molecule has 0 aliphatic rings. The van der Waals surface area contributed by atoms with Crippen molar-refractivity contribution in [3.63, 3.8) is 0 Å². The van der Waals surface area contributed by atoms with Crippen LogP contribution < -0.4 is 6.15 Å². The number of aliphatic carboxylic acids is 1. The summed E-state index contributed by atoms with van der Waals surface area (Å²) in [5.74, 6) is -1.18. The van der Waals surface area contributed by atoms with Gasteiger partial charge in [0.05, 0.1) is 0 Å². The van der Waals surface area contributed by atoms with Crippen molar-refractivity contribution in [3.05, 3.63) is 0 Å². The molecule has 0 amide bonds. The van der Waals surface area contributed by atoms with Crippen molar-refractivity contribution in [2.24, 2.45) is 5.41 Å². The Labute approximate surface area is 66.8 Å². The van der Waals surface area contributed by atoms with E-state index in [1.54, 1.807) is 20.8 Å². The topological polar surface area (TPSA) is 92.5 Å². The molecule has 0 rings (SSSR count). The van der Waals surface area contributed by atoms with Gasteiger partial charge in [0.2, 0.25) is 0 Å². The molecule has 0 saturated carbocycles. The van der Waals surface area contributed by atoms with Crippen molar-refractivity contribution in [2.45, 2.75) is 33.3 Å². The van der Waals surface area contributed by atoms with E-state index in [1.165, 1.54) is 6.92 Å². The molecule has 0 aromatic rings. The van der Waals surface area contributed by atoms with Crippen molar-refractivity contribution in [1.82, 2.24) is 6.15 Å².